The van der Waals surface area contributed by atoms with Crippen molar-refractivity contribution in [1.29, 1.82) is 0 Å². The molecule has 0 aliphatic rings. The lowest BCUT2D eigenvalue weighted by Crippen LogP contribution is -2.24. The number of carbonyl (C=O) groups is 1. The smallest absolute Gasteiger partial charge is 0.335 e. The Morgan fingerprint density at radius 3 is 2.07 bits per heavy atom. The first kappa shape index (κ1) is 20.9. The zero-order valence-corrected chi connectivity index (χ0v) is 16.6. The molecule has 0 fully saturated rings. The van der Waals surface area contributed by atoms with E-state index in [1.165, 1.54) is 12.1 Å². The first-order chi connectivity index (χ1) is 12.8. The van der Waals surface area contributed by atoms with Crippen molar-refractivity contribution in [1.82, 2.24) is 0 Å². The van der Waals surface area contributed by atoms with Gasteiger partial charge in [-0.25, -0.2) is 4.79 Å². The third-order valence-electron chi connectivity index (χ3n) is 4.08. The maximum absolute atomic E-state index is 10.8. The monoisotopic (exact) mass is 388 g/mol. The lowest BCUT2D eigenvalue weighted by molar-refractivity contribution is 0.0697. The maximum atomic E-state index is 10.8. The molecule has 0 aromatic heterocycles. The number of carboxylic acids is 1. The molecule has 0 aliphatic carbocycles. The highest BCUT2D eigenvalue weighted by molar-refractivity contribution is 6.20. The fourth-order valence-corrected chi connectivity index (χ4v) is 2.89. The summed E-state index contributed by atoms with van der Waals surface area (Å²) in [5.41, 5.74) is 1.50. The molecule has 0 saturated carbocycles. The molecule has 2 aromatic carbocycles. The topological polar surface area (TPSA) is 71.2 Å². The number of halogens is 1. The number of nitrogens with zero attached hydrogens (tertiary/aromatic N) is 2. The number of hydrogen-bond donors (Lipinski definition) is 1. The maximum Gasteiger partial charge on any atom is 0.335 e. The second-order valence-electron chi connectivity index (χ2n) is 7.21. The molecule has 1 unspecified atom stereocenters. The van der Waals surface area contributed by atoms with Gasteiger partial charge in [0.15, 0.2) is 0 Å². The first-order valence-electron chi connectivity index (χ1n) is 8.91. The number of rotatable bonds is 9. The predicted molar refractivity (Wildman–Crippen MR) is 108 cm³/mol. The standard InChI is InChI=1S/C21H25ClN2O3/c1-4-16(22)13-21(2,3)14-27-19-11-9-18(10-12-19)24-23-17-7-5-15(6-8-17)20(25)26/h5-12,16H,4,13-14H2,1-3H3,(H,25,26)/b24-23+. The van der Waals surface area contributed by atoms with Gasteiger partial charge < -0.3 is 9.84 Å². The van der Waals surface area contributed by atoms with E-state index in [-0.39, 0.29) is 16.4 Å². The average Bonchev–Trinajstić information content (AvgIpc) is 2.65. The highest BCUT2D eigenvalue weighted by atomic mass is 35.5. The molecule has 2 rings (SSSR count). The quantitative estimate of drug-likeness (QED) is 0.388. The number of carboxylic acid groups (broad SMARTS) is 1. The zero-order chi connectivity index (χ0) is 19.9. The van der Waals surface area contributed by atoms with Crippen molar-refractivity contribution in [2.45, 2.75) is 39.0 Å². The van der Waals surface area contributed by atoms with E-state index in [9.17, 15) is 4.79 Å². The van der Waals surface area contributed by atoms with Crippen molar-refractivity contribution in [3.63, 3.8) is 0 Å². The number of ether oxygens (including phenoxy) is 1. The van der Waals surface area contributed by atoms with Crippen molar-refractivity contribution in [2.24, 2.45) is 15.6 Å². The van der Waals surface area contributed by atoms with Gasteiger partial charge in [-0.3, -0.25) is 0 Å². The third-order valence-corrected chi connectivity index (χ3v) is 4.54. The van der Waals surface area contributed by atoms with Crippen LogP contribution in [0.2, 0.25) is 0 Å². The van der Waals surface area contributed by atoms with Crippen LogP contribution in [0.15, 0.2) is 58.8 Å². The second-order valence-corrected chi connectivity index (χ2v) is 7.83. The van der Waals surface area contributed by atoms with Gasteiger partial charge in [0.25, 0.3) is 0 Å². The summed E-state index contributed by atoms with van der Waals surface area (Å²) in [5.74, 6) is -0.191. The molecule has 0 saturated heterocycles. The van der Waals surface area contributed by atoms with Gasteiger partial charge in [0.2, 0.25) is 0 Å². The van der Waals surface area contributed by atoms with Crippen LogP contribution in [0.1, 0.15) is 44.0 Å². The van der Waals surface area contributed by atoms with Crippen molar-refractivity contribution in [3.05, 3.63) is 54.1 Å². The van der Waals surface area contributed by atoms with E-state index >= 15 is 0 Å². The van der Waals surface area contributed by atoms with Crippen LogP contribution in [0, 0.1) is 5.41 Å². The zero-order valence-electron chi connectivity index (χ0n) is 15.9. The Balaban J connectivity index is 1.91. The Morgan fingerprint density at radius 2 is 1.59 bits per heavy atom. The Kier molecular flexibility index (Phi) is 7.36. The molecular formula is C21H25ClN2O3. The van der Waals surface area contributed by atoms with Gasteiger partial charge in [0, 0.05) is 10.8 Å². The largest absolute Gasteiger partial charge is 0.493 e. The van der Waals surface area contributed by atoms with E-state index < -0.39 is 5.97 Å². The number of alkyl halides is 1. The minimum Gasteiger partial charge on any atom is -0.493 e. The molecule has 1 N–H and O–H groups in total. The Bertz CT molecular complexity index is 771. The van der Waals surface area contributed by atoms with E-state index in [0.29, 0.717) is 18.0 Å². The van der Waals surface area contributed by atoms with Gasteiger partial charge in [0.1, 0.15) is 5.75 Å². The predicted octanol–water partition coefficient (Wildman–Crippen LogP) is 6.61. The number of aromatic carboxylic acids is 1. The van der Waals surface area contributed by atoms with Gasteiger partial charge in [-0.15, -0.1) is 11.6 Å². The van der Waals surface area contributed by atoms with Gasteiger partial charge >= 0.3 is 5.97 Å². The molecular weight excluding hydrogens is 364 g/mol. The SMILES string of the molecule is CCC(Cl)CC(C)(C)COc1ccc(/N=N/c2ccc(C(=O)O)cc2)cc1. The van der Waals surface area contributed by atoms with Crippen molar-refractivity contribution in [2.75, 3.05) is 6.61 Å². The molecule has 144 valence electrons. The van der Waals surface area contributed by atoms with Crippen LogP contribution in [-0.2, 0) is 0 Å². The van der Waals surface area contributed by atoms with Gasteiger partial charge in [-0.05, 0) is 61.4 Å². The van der Waals surface area contributed by atoms with Crippen LogP contribution >= 0.6 is 11.6 Å². The van der Waals surface area contributed by atoms with Gasteiger partial charge in [0.05, 0.1) is 23.5 Å². The summed E-state index contributed by atoms with van der Waals surface area (Å²) in [7, 11) is 0. The van der Waals surface area contributed by atoms with E-state index in [1.807, 2.05) is 24.3 Å². The summed E-state index contributed by atoms with van der Waals surface area (Å²) >= 11 is 6.25. The van der Waals surface area contributed by atoms with Crippen molar-refractivity contribution < 1.29 is 14.6 Å². The normalized spacial score (nSPS) is 12.9. The molecule has 0 aliphatic heterocycles. The number of azo groups is 1. The highest BCUT2D eigenvalue weighted by Gasteiger charge is 2.22. The molecule has 0 amide bonds. The molecule has 0 bridgehead atoms. The fraction of sp³-hybridized carbons (Fsp3) is 0.381. The summed E-state index contributed by atoms with van der Waals surface area (Å²) in [6.45, 7) is 6.97. The van der Waals surface area contributed by atoms with E-state index in [0.717, 1.165) is 18.6 Å². The summed E-state index contributed by atoms with van der Waals surface area (Å²) in [6.07, 6.45) is 1.85. The Hall–Kier alpha value is -2.40. The van der Waals surface area contributed by atoms with Crippen molar-refractivity contribution >= 4 is 28.9 Å². The van der Waals surface area contributed by atoms with E-state index in [1.54, 1.807) is 12.1 Å². The molecule has 2 aromatic rings. The van der Waals surface area contributed by atoms with Gasteiger partial charge in [-0.2, -0.15) is 10.2 Å². The molecule has 0 heterocycles. The minimum absolute atomic E-state index is 0.00290. The Labute approximate surface area is 165 Å². The molecule has 1 atom stereocenters. The molecule has 6 heteroatoms. The van der Waals surface area contributed by atoms with Crippen LogP contribution in [0.3, 0.4) is 0 Å². The molecule has 0 radical (unpaired) electrons. The van der Waals surface area contributed by atoms with Crippen LogP contribution in [0.25, 0.3) is 0 Å². The van der Waals surface area contributed by atoms with E-state index in [2.05, 4.69) is 31.0 Å². The summed E-state index contributed by atoms with van der Waals surface area (Å²) in [6, 6.07) is 13.6. The molecule has 0 spiro atoms. The highest BCUT2D eigenvalue weighted by Crippen LogP contribution is 2.28. The average molecular weight is 389 g/mol. The van der Waals surface area contributed by atoms with Crippen molar-refractivity contribution in [3.8, 4) is 5.75 Å². The minimum atomic E-state index is -0.964. The van der Waals surface area contributed by atoms with Crippen LogP contribution in [0.4, 0.5) is 11.4 Å². The van der Waals surface area contributed by atoms with Gasteiger partial charge in [-0.1, -0.05) is 20.8 Å². The molecule has 5 nitrogen and oxygen atoms in total. The summed E-state index contributed by atoms with van der Waals surface area (Å²) in [4.78, 5) is 10.8. The van der Waals surface area contributed by atoms with Crippen LogP contribution in [0.5, 0.6) is 5.75 Å². The number of benzene rings is 2. The second kappa shape index (κ2) is 9.51. The third kappa shape index (κ3) is 7.02. The summed E-state index contributed by atoms with van der Waals surface area (Å²) < 4.78 is 5.88. The summed E-state index contributed by atoms with van der Waals surface area (Å²) in [5, 5.41) is 17.3. The Morgan fingerprint density at radius 1 is 1.07 bits per heavy atom. The van der Waals surface area contributed by atoms with Crippen LogP contribution < -0.4 is 4.74 Å². The fourth-order valence-electron chi connectivity index (χ4n) is 2.48. The lowest BCUT2D eigenvalue weighted by Gasteiger charge is -2.26. The first-order valence-corrected chi connectivity index (χ1v) is 9.35. The lowest BCUT2D eigenvalue weighted by atomic mass is 9.88. The van der Waals surface area contributed by atoms with Crippen LogP contribution in [-0.4, -0.2) is 23.1 Å². The molecule has 27 heavy (non-hydrogen) atoms. The van der Waals surface area contributed by atoms with E-state index in [4.69, 9.17) is 21.4 Å². The number of hydrogen-bond acceptors (Lipinski definition) is 4.